The summed E-state index contributed by atoms with van der Waals surface area (Å²) in [6.07, 6.45) is 3.55. The van der Waals surface area contributed by atoms with Gasteiger partial charge in [0.1, 0.15) is 14.8 Å². The predicted molar refractivity (Wildman–Crippen MR) is 68.4 cm³/mol. The summed E-state index contributed by atoms with van der Waals surface area (Å²) < 4.78 is 26.6. The molecule has 8 heteroatoms. The molecule has 0 saturated heterocycles. The molecule has 0 radical (unpaired) electrons. The lowest BCUT2D eigenvalue weighted by atomic mass is 9.99. The number of halogens is 1. The number of aliphatic carboxylic acids is 1. The summed E-state index contributed by atoms with van der Waals surface area (Å²) in [7, 11) is -3.93. The van der Waals surface area contributed by atoms with E-state index in [2.05, 4.69) is 4.72 Å². The van der Waals surface area contributed by atoms with Crippen LogP contribution in [0.2, 0.25) is 4.34 Å². The number of carboxylic acid groups (broad SMARTS) is 1. The van der Waals surface area contributed by atoms with Crippen LogP contribution in [0.3, 0.4) is 0 Å². The zero-order valence-corrected chi connectivity index (χ0v) is 11.5. The van der Waals surface area contributed by atoms with Gasteiger partial charge in [0.25, 0.3) is 0 Å². The topological polar surface area (TPSA) is 83.5 Å². The summed E-state index contributed by atoms with van der Waals surface area (Å²) in [6.45, 7) is 0. The normalized spacial score (nSPS) is 18.1. The Morgan fingerprint density at radius 3 is 2.50 bits per heavy atom. The van der Waals surface area contributed by atoms with Crippen molar-refractivity contribution in [2.24, 2.45) is 0 Å². The van der Waals surface area contributed by atoms with E-state index >= 15 is 0 Å². The molecule has 18 heavy (non-hydrogen) atoms. The molecular weight excluding hydrogens is 298 g/mol. The van der Waals surface area contributed by atoms with Crippen LogP contribution in [0.1, 0.15) is 12.8 Å². The SMILES string of the molecule is O=C(O)C1(NS(=O)(=O)c2ccsc2Cl)CC=CC1. The van der Waals surface area contributed by atoms with Crippen LogP contribution in [-0.4, -0.2) is 25.0 Å². The van der Waals surface area contributed by atoms with Gasteiger partial charge in [0.2, 0.25) is 10.0 Å². The first-order chi connectivity index (χ1) is 8.37. The second-order valence-electron chi connectivity index (χ2n) is 3.93. The van der Waals surface area contributed by atoms with Gasteiger partial charge >= 0.3 is 5.97 Å². The van der Waals surface area contributed by atoms with E-state index in [-0.39, 0.29) is 22.1 Å². The molecule has 0 aliphatic heterocycles. The van der Waals surface area contributed by atoms with E-state index in [9.17, 15) is 18.3 Å². The van der Waals surface area contributed by atoms with Crippen LogP contribution in [-0.2, 0) is 14.8 Å². The van der Waals surface area contributed by atoms with Gasteiger partial charge in [-0.15, -0.1) is 11.3 Å². The highest BCUT2D eigenvalue weighted by Gasteiger charge is 2.43. The quantitative estimate of drug-likeness (QED) is 0.832. The minimum atomic E-state index is -3.93. The number of hydrogen-bond donors (Lipinski definition) is 2. The average molecular weight is 308 g/mol. The molecule has 0 unspecified atom stereocenters. The molecule has 0 fully saturated rings. The van der Waals surface area contributed by atoms with Crippen LogP contribution < -0.4 is 4.72 Å². The van der Waals surface area contributed by atoms with Gasteiger partial charge in [0.15, 0.2) is 0 Å². The lowest BCUT2D eigenvalue weighted by molar-refractivity contribution is -0.143. The van der Waals surface area contributed by atoms with Gasteiger partial charge in [-0.3, -0.25) is 4.79 Å². The van der Waals surface area contributed by atoms with Crippen LogP contribution >= 0.6 is 22.9 Å². The standard InChI is InChI=1S/C10H10ClNO4S2/c11-8-7(3-6-17-8)18(15,16)12-10(9(13)14)4-1-2-5-10/h1-3,6,12H,4-5H2,(H,13,14). The summed E-state index contributed by atoms with van der Waals surface area (Å²) in [5.74, 6) is -1.19. The summed E-state index contributed by atoms with van der Waals surface area (Å²) in [4.78, 5) is 11.2. The van der Waals surface area contributed by atoms with Crippen molar-refractivity contribution in [2.75, 3.05) is 0 Å². The van der Waals surface area contributed by atoms with Crippen LogP contribution in [0, 0.1) is 0 Å². The Kier molecular flexibility index (Phi) is 3.50. The largest absolute Gasteiger partial charge is 0.480 e. The Balaban J connectivity index is 2.33. The van der Waals surface area contributed by atoms with Gasteiger partial charge in [-0.1, -0.05) is 23.8 Å². The first-order valence-corrected chi connectivity index (χ1v) is 7.77. The van der Waals surface area contributed by atoms with Gasteiger partial charge in [0.05, 0.1) is 0 Å². The van der Waals surface area contributed by atoms with Gasteiger partial charge in [-0.2, -0.15) is 4.72 Å². The fraction of sp³-hybridized carbons (Fsp3) is 0.300. The molecule has 0 spiro atoms. The van der Waals surface area contributed by atoms with E-state index in [0.29, 0.717) is 0 Å². The molecule has 1 aliphatic rings. The van der Waals surface area contributed by atoms with Gasteiger partial charge in [-0.25, -0.2) is 8.42 Å². The Bertz CT molecular complexity index is 597. The summed E-state index contributed by atoms with van der Waals surface area (Å²) in [6, 6.07) is 1.35. The maximum absolute atomic E-state index is 12.1. The molecule has 0 saturated carbocycles. The predicted octanol–water partition coefficient (Wildman–Crippen LogP) is 1.85. The second-order valence-corrected chi connectivity index (χ2v) is 7.10. The molecule has 98 valence electrons. The smallest absolute Gasteiger partial charge is 0.325 e. The minimum absolute atomic E-state index is 0.0818. The average Bonchev–Trinajstić information content (AvgIpc) is 2.87. The van der Waals surface area contributed by atoms with Gasteiger partial charge in [-0.05, 0) is 24.3 Å². The molecule has 5 nitrogen and oxygen atoms in total. The lowest BCUT2D eigenvalue weighted by Crippen LogP contribution is -2.52. The Morgan fingerprint density at radius 1 is 1.44 bits per heavy atom. The third kappa shape index (κ3) is 2.31. The highest BCUT2D eigenvalue weighted by atomic mass is 35.5. The number of thiophene rings is 1. The van der Waals surface area contributed by atoms with Crippen LogP contribution in [0.15, 0.2) is 28.5 Å². The summed E-state index contributed by atoms with van der Waals surface area (Å²) in [5, 5.41) is 10.7. The minimum Gasteiger partial charge on any atom is -0.480 e. The van der Waals surface area contributed by atoms with Crippen molar-refractivity contribution >= 4 is 38.9 Å². The van der Waals surface area contributed by atoms with Crippen LogP contribution in [0.4, 0.5) is 0 Å². The zero-order chi connectivity index (χ0) is 13.4. The number of hydrogen-bond acceptors (Lipinski definition) is 4. The van der Waals surface area contributed by atoms with Crippen molar-refractivity contribution < 1.29 is 18.3 Å². The first kappa shape index (κ1) is 13.5. The molecule has 0 atom stereocenters. The van der Waals surface area contributed by atoms with Crippen molar-refractivity contribution in [3.8, 4) is 0 Å². The second kappa shape index (κ2) is 4.65. The molecule has 2 N–H and O–H groups in total. The van der Waals surface area contributed by atoms with Crippen LogP contribution in [0.5, 0.6) is 0 Å². The van der Waals surface area contributed by atoms with E-state index in [1.165, 1.54) is 11.4 Å². The highest BCUT2D eigenvalue weighted by Crippen LogP contribution is 2.31. The van der Waals surface area contributed by atoms with E-state index in [0.717, 1.165) is 11.3 Å². The first-order valence-electron chi connectivity index (χ1n) is 5.03. The van der Waals surface area contributed by atoms with Crippen molar-refractivity contribution in [3.63, 3.8) is 0 Å². The molecule has 2 rings (SSSR count). The van der Waals surface area contributed by atoms with Crippen molar-refractivity contribution in [2.45, 2.75) is 23.3 Å². The summed E-state index contributed by atoms with van der Waals surface area (Å²) >= 11 is 6.85. The van der Waals surface area contributed by atoms with E-state index in [1.54, 1.807) is 12.2 Å². The summed E-state index contributed by atoms with van der Waals surface area (Å²) in [5.41, 5.74) is -1.50. The zero-order valence-electron chi connectivity index (χ0n) is 9.09. The third-order valence-corrected chi connectivity index (χ3v) is 5.70. The monoisotopic (exact) mass is 307 g/mol. The number of sulfonamides is 1. The fourth-order valence-corrected chi connectivity index (χ4v) is 4.67. The maximum atomic E-state index is 12.1. The van der Waals surface area contributed by atoms with Gasteiger partial charge < -0.3 is 5.11 Å². The molecule has 0 amide bonds. The molecular formula is C10H10ClNO4S2. The Hall–Kier alpha value is -0.890. The lowest BCUT2D eigenvalue weighted by Gasteiger charge is -2.24. The molecule has 1 aliphatic carbocycles. The number of rotatable bonds is 4. The molecule has 1 heterocycles. The van der Waals surface area contributed by atoms with Gasteiger partial charge in [0, 0.05) is 0 Å². The molecule has 1 aromatic rings. The molecule has 1 aromatic heterocycles. The van der Waals surface area contributed by atoms with E-state index < -0.39 is 21.5 Å². The van der Waals surface area contributed by atoms with Crippen LogP contribution in [0.25, 0.3) is 0 Å². The fourth-order valence-electron chi connectivity index (χ4n) is 1.74. The van der Waals surface area contributed by atoms with Crippen molar-refractivity contribution in [1.82, 2.24) is 4.72 Å². The highest BCUT2D eigenvalue weighted by molar-refractivity contribution is 7.89. The van der Waals surface area contributed by atoms with Crippen molar-refractivity contribution in [3.05, 3.63) is 27.9 Å². The van der Waals surface area contributed by atoms with Crippen molar-refractivity contribution in [1.29, 1.82) is 0 Å². The van der Waals surface area contributed by atoms with E-state index in [4.69, 9.17) is 11.6 Å². The number of carbonyl (C=O) groups is 1. The van der Waals surface area contributed by atoms with E-state index in [1.807, 2.05) is 0 Å². The Morgan fingerprint density at radius 2 is 2.06 bits per heavy atom. The molecule has 0 bridgehead atoms. The molecule has 0 aromatic carbocycles. The number of carboxylic acids is 1. The Labute approximate surface area is 113 Å². The number of nitrogens with one attached hydrogen (secondary N) is 1. The maximum Gasteiger partial charge on any atom is 0.325 e. The third-order valence-electron chi connectivity index (χ3n) is 2.71.